The summed E-state index contributed by atoms with van der Waals surface area (Å²) in [4.78, 5) is 12.0. The van der Waals surface area contributed by atoms with Gasteiger partial charge < -0.3 is 9.84 Å². The fraction of sp³-hybridized carbons (Fsp3) is 0.333. The lowest BCUT2D eigenvalue weighted by molar-refractivity contribution is -0.115. The van der Waals surface area contributed by atoms with Crippen LogP contribution in [-0.4, -0.2) is 24.7 Å². The fourth-order valence-electron chi connectivity index (χ4n) is 1.86. The molecule has 1 atom stereocenters. The Balaban J connectivity index is 2.07. The molecule has 0 aliphatic heterocycles. The van der Waals surface area contributed by atoms with E-state index in [1.807, 2.05) is 19.1 Å². The zero-order valence-electron chi connectivity index (χ0n) is 12.7. The third-order valence-corrected chi connectivity index (χ3v) is 5.30. The molecule has 1 aromatic heterocycles. The maximum Gasteiger partial charge on any atom is 0.243 e. The van der Waals surface area contributed by atoms with Crippen molar-refractivity contribution in [3.63, 3.8) is 0 Å². The van der Waals surface area contributed by atoms with Crippen molar-refractivity contribution in [3.05, 3.63) is 47.2 Å². The second-order valence-corrected chi connectivity index (χ2v) is 7.57. The molecular weight excluding hydrogens is 304 g/mol. The normalized spacial score (nSPS) is 12.9. The Morgan fingerprint density at radius 2 is 1.91 bits per heavy atom. The summed E-state index contributed by atoms with van der Waals surface area (Å²) in [6, 6.07) is 8.70. The Labute approximate surface area is 129 Å². The Hall–Kier alpha value is -2.15. The van der Waals surface area contributed by atoms with E-state index in [2.05, 4.69) is 10.5 Å². The van der Waals surface area contributed by atoms with Crippen LogP contribution in [0.15, 0.2) is 34.9 Å². The lowest BCUT2D eigenvalue weighted by Gasteiger charge is -2.12. The third kappa shape index (κ3) is 3.94. The van der Waals surface area contributed by atoms with Gasteiger partial charge in [0.15, 0.2) is 15.7 Å². The van der Waals surface area contributed by atoms with Gasteiger partial charge in [-0.15, -0.1) is 0 Å². The number of amides is 1. The molecule has 0 saturated heterocycles. The van der Waals surface area contributed by atoms with E-state index in [-0.39, 0.29) is 11.6 Å². The van der Waals surface area contributed by atoms with Crippen molar-refractivity contribution in [1.29, 1.82) is 0 Å². The van der Waals surface area contributed by atoms with Crippen LogP contribution < -0.4 is 5.32 Å². The van der Waals surface area contributed by atoms with Gasteiger partial charge in [-0.1, -0.05) is 35.0 Å². The van der Waals surface area contributed by atoms with Crippen molar-refractivity contribution in [2.45, 2.75) is 31.8 Å². The van der Waals surface area contributed by atoms with Gasteiger partial charge in [-0.2, -0.15) is 0 Å². The lowest BCUT2D eigenvalue weighted by atomic mass is 10.2. The highest BCUT2D eigenvalue weighted by atomic mass is 32.2. The van der Waals surface area contributed by atoms with E-state index in [4.69, 9.17) is 4.52 Å². The van der Waals surface area contributed by atoms with Crippen molar-refractivity contribution >= 4 is 21.6 Å². The molecule has 0 radical (unpaired) electrons. The summed E-state index contributed by atoms with van der Waals surface area (Å²) in [5.41, 5.74) is 1.70. The van der Waals surface area contributed by atoms with Crippen molar-refractivity contribution in [3.8, 4) is 0 Å². The molecule has 0 aliphatic rings. The molecule has 0 fully saturated rings. The minimum atomic E-state index is -3.61. The van der Waals surface area contributed by atoms with Crippen LogP contribution in [0.4, 0.5) is 5.82 Å². The number of benzene rings is 1. The third-order valence-electron chi connectivity index (χ3n) is 3.28. The van der Waals surface area contributed by atoms with Gasteiger partial charge in [0.2, 0.25) is 5.91 Å². The van der Waals surface area contributed by atoms with Crippen molar-refractivity contribution in [2.75, 3.05) is 5.32 Å². The molecule has 0 spiro atoms. The Kier molecular flexibility index (Phi) is 4.65. The van der Waals surface area contributed by atoms with E-state index in [1.54, 1.807) is 19.1 Å². The standard InChI is InChI=1S/C15H18N2O4S/c1-10-4-6-13(7-5-10)9-22(19,20)12(3)15(18)16-14-8-11(2)21-17-14/h4-8,12H,9H2,1-3H3,(H,16,17,18)/t12-/m0/s1. The topological polar surface area (TPSA) is 89.3 Å². The Morgan fingerprint density at radius 3 is 2.45 bits per heavy atom. The molecular formula is C15H18N2O4S. The molecule has 1 N–H and O–H groups in total. The first kappa shape index (κ1) is 16.2. The zero-order valence-corrected chi connectivity index (χ0v) is 13.5. The van der Waals surface area contributed by atoms with Crippen LogP contribution in [0, 0.1) is 13.8 Å². The summed E-state index contributed by atoms with van der Waals surface area (Å²) in [7, 11) is -3.61. The summed E-state index contributed by atoms with van der Waals surface area (Å²) >= 11 is 0. The first-order valence-electron chi connectivity index (χ1n) is 6.79. The summed E-state index contributed by atoms with van der Waals surface area (Å²) in [5, 5.41) is 4.88. The largest absolute Gasteiger partial charge is 0.360 e. The second kappa shape index (κ2) is 6.31. The van der Waals surface area contributed by atoms with Gasteiger partial charge in [0.1, 0.15) is 11.0 Å². The minimum absolute atomic E-state index is 0.181. The van der Waals surface area contributed by atoms with Crippen LogP contribution in [0.1, 0.15) is 23.8 Å². The quantitative estimate of drug-likeness (QED) is 0.912. The van der Waals surface area contributed by atoms with E-state index in [0.29, 0.717) is 11.3 Å². The summed E-state index contributed by atoms with van der Waals surface area (Å²) in [6.45, 7) is 4.97. The Morgan fingerprint density at radius 1 is 1.27 bits per heavy atom. The van der Waals surface area contributed by atoms with Crippen molar-refractivity contribution in [2.24, 2.45) is 0 Å². The molecule has 0 aliphatic carbocycles. The van der Waals surface area contributed by atoms with Crippen molar-refractivity contribution in [1.82, 2.24) is 5.16 Å². The van der Waals surface area contributed by atoms with Gasteiger partial charge in [0.05, 0.1) is 5.75 Å². The van der Waals surface area contributed by atoms with E-state index in [1.165, 1.54) is 13.0 Å². The molecule has 0 bridgehead atoms. The molecule has 118 valence electrons. The molecule has 7 heteroatoms. The number of carbonyl (C=O) groups is 1. The highest BCUT2D eigenvalue weighted by molar-refractivity contribution is 7.92. The van der Waals surface area contributed by atoms with Crippen LogP contribution in [0.25, 0.3) is 0 Å². The average Bonchev–Trinajstić information content (AvgIpc) is 2.85. The summed E-state index contributed by atoms with van der Waals surface area (Å²) < 4.78 is 29.5. The summed E-state index contributed by atoms with van der Waals surface area (Å²) in [5.74, 6) is -0.0644. The SMILES string of the molecule is Cc1ccc(CS(=O)(=O)[C@@H](C)C(=O)Nc2cc(C)on2)cc1. The number of nitrogens with zero attached hydrogens (tertiary/aromatic N) is 1. The highest BCUT2D eigenvalue weighted by Crippen LogP contribution is 2.15. The number of anilines is 1. The summed E-state index contributed by atoms with van der Waals surface area (Å²) in [6.07, 6.45) is 0. The molecule has 0 saturated carbocycles. The van der Waals surface area contributed by atoms with Crippen LogP contribution in [-0.2, 0) is 20.4 Å². The number of carbonyl (C=O) groups excluding carboxylic acids is 1. The molecule has 2 rings (SSSR count). The molecule has 1 aromatic carbocycles. The van der Waals surface area contributed by atoms with Crippen LogP contribution >= 0.6 is 0 Å². The molecule has 2 aromatic rings. The smallest absolute Gasteiger partial charge is 0.243 e. The van der Waals surface area contributed by atoms with Gasteiger partial charge in [0.25, 0.3) is 0 Å². The molecule has 22 heavy (non-hydrogen) atoms. The number of rotatable bonds is 5. The average molecular weight is 322 g/mol. The van der Waals surface area contributed by atoms with E-state index < -0.39 is 21.0 Å². The van der Waals surface area contributed by atoms with Gasteiger partial charge >= 0.3 is 0 Å². The lowest BCUT2D eigenvalue weighted by Crippen LogP contribution is -2.33. The van der Waals surface area contributed by atoms with Crippen molar-refractivity contribution < 1.29 is 17.7 Å². The molecule has 0 unspecified atom stereocenters. The molecule has 6 nitrogen and oxygen atoms in total. The van der Waals surface area contributed by atoms with Gasteiger partial charge in [0, 0.05) is 6.07 Å². The van der Waals surface area contributed by atoms with Crippen LogP contribution in [0.3, 0.4) is 0 Å². The zero-order chi connectivity index (χ0) is 16.3. The first-order chi connectivity index (χ1) is 10.3. The second-order valence-electron chi connectivity index (χ2n) is 5.25. The molecule has 1 heterocycles. The fourth-order valence-corrected chi connectivity index (χ4v) is 3.15. The number of hydrogen-bond acceptors (Lipinski definition) is 5. The predicted octanol–water partition coefficient (Wildman–Crippen LogP) is 2.23. The first-order valence-corrected chi connectivity index (χ1v) is 8.51. The number of aromatic nitrogens is 1. The van der Waals surface area contributed by atoms with Gasteiger partial charge in [-0.3, -0.25) is 4.79 Å². The van der Waals surface area contributed by atoms with Gasteiger partial charge in [-0.05, 0) is 26.3 Å². The number of nitrogens with one attached hydrogen (secondary N) is 1. The Bertz CT molecular complexity index is 763. The maximum atomic E-state index is 12.3. The number of sulfone groups is 1. The van der Waals surface area contributed by atoms with E-state index in [9.17, 15) is 13.2 Å². The van der Waals surface area contributed by atoms with E-state index >= 15 is 0 Å². The molecule has 1 amide bonds. The number of hydrogen-bond donors (Lipinski definition) is 1. The van der Waals surface area contributed by atoms with E-state index in [0.717, 1.165) is 5.56 Å². The van der Waals surface area contributed by atoms with Crippen LogP contribution in [0.5, 0.6) is 0 Å². The maximum absolute atomic E-state index is 12.3. The minimum Gasteiger partial charge on any atom is -0.360 e. The highest BCUT2D eigenvalue weighted by Gasteiger charge is 2.28. The predicted molar refractivity (Wildman–Crippen MR) is 83.1 cm³/mol. The number of aryl methyl sites for hydroxylation is 2. The van der Waals surface area contributed by atoms with Gasteiger partial charge in [-0.25, -0.2) is 8.42 Å². The van der Waals surface area contributed by atoms with Crippen LogP contribution in [0.2, 0.25) is 0 Å². The monoisotopic (exact) mass is 322 g/mol.